The zero-order valence-corrected chi connectivity index (χ0v) is 12.9. The van der Waals surface area contributed by atoms with Gasteiger partial charge in [-0.2, -0.15) is 0 Å². The Hall–Kier alpha value is -1.47. The molecule has 1 amide bonds. The molecule has 1 N–H and O–H groups in total. The molecule has 2 unspecified atom stereocenters. The smallest absolute Gasteiger partial charge is 0.241 e. The van der Waals surface area contributed by atoms with Crippen LogP contribution < -0.4 is 5.32 Å². The maximum Gasteiger partial charge on any atom is 0.241 e. The van der Waals surface area contributed by atoms with E-state index in [4.69, 9.17) is 0 Å². The molecule has 0 saturated carbocycles. The fourth-order valence-corrected chi connectivity index (χ4v) is 3.12. The zero-order valence-electron chi connectivity index (χ0n) is 12.0. The second-order valence-electron chi connectivity index (χ2n) is 5.36. The fourth-order valence-electron chi connectivity index (χ4n) is 2.46. The Morgan fingerprint density at radius 2 is 2.10 bits per heavy atom. The molecule has 0 aromatic heterocycles. The van der Waals surface area contributed by atoms with Gasteiger partial charge < -0.3 is 4.90 Å². The second kappa shape index (κ2) is 6.11. The van der Waals surface area contributed by atoms with Crippen LogP contribution in [0.5, 0.6) is 0 Å². The molecule has 7 heteroatoms. The number of carbonyl (C=O) groups excluding carboxylic acids is 1. The van der Waals surface area contributed by atoms with Crippen LogP contribution >= 0.6 is 0 Å². The molecule has 0 aliphatic carbocycles. The molecule has 116 valence electrons. The quantitative estimate of drug-likeness (QED) is 0.883. The maximum atomic E-state index is 13.3. The van der Waals surface area contributed by atoms with E-state index in [9.17, 15) is 17.6 Å². The summed E-state index contributed by atoms with van der Waals surface area (Å²) in [5.74, 6) is -0.434. The molecular weight excluding hydrogens is 295 g/mol. The van der Waals surface area contributed by atoms with Gasteiger partial charge in [-0.3, -0.25) is 10.1 Å². The van der Waals surface area contributed by atoms with Gasteiger partial charge in [0.2, 0.25) is 5.91 Å². The second-order valence-corrected chi connectivity index (χ2v) is 7.62. The van der Waals surface area contributed by atoms with Crippen LogP contribution in [0.2, 0.25) is 0 Å². The summed E-state index contributed by atoms with van der Waals surface area (Å²) < 4.78 is 35.7. The Morgan fingerprint density at radius 1 is 1.38 bits per heavy atom. The fraction of sp³-hybridized carbons (Fsp3) is 0.500. The molecule has 0 spiro atoms. The number of nitrogens with one attached hydrogen (secondary N) is 1. The summed E-state index contributed by atoms with van der Waals surface area (Å²) >= 11 is 0. The summed E-state index contributed by atoms with van der Waals surface area (Å²) in [5.41, 5.74) is 0.659. The van der Waals surface area contributed by atoms with E-state index in [2.05, 4.69) is 5.32 Å². The molecule has 5 nitrogen and oxygen atoms in total. The lowest BCUT2D eigenvalue weighted by Crippen LogP contribution is -2.32. The molecule has 0 radical (unpaired) electrons. The third kappa shape index (κ3) is 4.01. The number of amides is 1. The largest absolute Gasteiger partial charge is 0.322 e. The number of nitrogens with zero attached hydrogens (tertiary/aromatic N) is 1. The average molecular weight is 314 g/mol. The number of sulfone groups is 1. The normalized spacial score (nSPS) is 22.8. The van der Waals surface area contributed by atoms with E-state index in [1.165, 1.54) is 18.4 Å². The van der Waals surface area contributed by atoms with E-state index >= 15 is 0 Å². The molecule has 1 aliphatic rings. The molecule has 1 heterocycles. The van der Waals surface area contributed by atoms with Gasteiger partial charge in [-0.05, 0) is 31.0 Å². The van der Waals surface area contributed by atoms with Crippen LogP contribution in [0.3, 0.4) is 0 Å². The predicted molar refractivity (Wildman–Crippen MR) is 77.8 cm³/mol. The van der Waals surface area contributed by atoms with Crippen molar-refractivity contribution in [1.82, 2.24) is 10.2 Å². The Balaban J connectivity index is 2.13. The van der Waals surface area contributed by atoms with Gasteiger partial charge in [0.25, 0.3) is 0 Å². The standard InChI is InChI=1S/C14H19FN2O3S/c1-10-14(18)17(7-4-8-21(2,19)20)13(16-10)11-5-3-6-12(15)9-11/h3,5-6,9-10,13,16H,4,7-8H2,1-2H3. The molecule has 1 aliphatic heterocycles. The highest BCUT2D eigenvalue weighted by molar-refractivity contribution is 7.90. The lowest BCUT2D eigenvalue weighted by atomic mass is 10.1. The van der Waals surface area contributed by atoms with Gasteiger partial charge in [-0.1, -0.05) is 12.1 Å². The van der Waals surface area contributed by atoms with E-state index in [0.717, 1.165) is 0 Å². The topological polar surface area (TPSA) is 66.5 Å². The van der Waals surface area contributed by atoms with Crippen molar-refractivity contribution in [1.29, 1.82) is 0 Å². The van der Waals surface area contributed by atoms with E-state index in [-0.39, 0.29) is 23.5 Å². The van der Waals surface area contributed by atoms with Crippen molar-refractivity contribution < 1.29 is 17.6 Å². The minimum atomic E-state index is -3.05. The summed E-state index contributed by atoms with van der Waals surface area (Å²) in [6.45, 7) is 2.07. The van der Waals surface area contributed by atoms with Crippen molar-refractivity contribution in [2.24, 2.45) is 0 Å². The summed E-state index contributed by atoms with van der Waals surface area (Å²) in [6.07, 6.45) is 1.12. The number of rotatable bonds is 5. The van der Waals surface area contributed by atoms with Gasteiger partial charge in [-0.25, -0.2) is 12.8 Å². The van der Waals surface area contributed by atoms with Crippen LogP contribution in [0.15, 0.2) is 24.3 Å². The van der Waals surface area contributed by atoms with Crippen LogP contribution in [-0.2, 0) is 14.6 Å². The minimum Gasteiger partial charge on any atom is -0.322 e. The SMILES string of the molecule is CC1NC(c2cccc(F)c2)N(CCCS(C)(=O)=O)C1=O. The lowest BCUT2D eigenvalue weighted by Gasteiger charge is -2.24. The van der Waals surface area contributed by atoms with Gasteiger partial charge in [0.15, 0.2) is 0 Å². The van der Waals surface area contributed by atoms with Crippen LogP contribution in [0.4, 0.5) is 4.39 Å². The summed E-state index contributed by atoms with van der Waals surface area (Å²) in [7, 11) is -3.05. The Kier molecular flexibility index (Phi) is 4.63. The third-order valence-corrected chi connectivity index (χ3v) is 4.48. The maximum absolute atomic E-state index is 13.3. The van der Waals surface area contributed by atoms with Crippen molar-refractivity contribution in [3.05, 3.63) is 35.6 Å². The summed E-state index contributed by atoms with van der Waals surface area (Å²) in [4.78, 5) is 13.7. The van der Waals surface area contributed by atoms with E-state index in [1.54, 1.807) is 24.0 Å². The van der Waals surface area contributed by atoms with Crippen molar-refractivity contribution in [3.63, 3.8) is 0 Å². The first-order chi connectivity index (χ1) is 9.78. The first kappa shape index (κ1) is 15.9. The lowest BCUT2D eigenvalue weighted by molar-refractivity contribution is -0.129. The van der Waals surface area contributed by atoms with Crippen molar-refractivity contribution in [2.75, 3.05) is 18.6 Å². The van der Waals surface area contributed by atoms with E-state index in [1.807, 2.05) is 0 Å². The first-order valence-electron chi connectivity index (χ1n) is 6.77. The summed E-state index contributed by atoms with van der Waals surface area (Å²) in [6, 6.07) is 5.70. The zero-order chi connectivity index (χ0) is 15.6. The number of hydrogen-bond donors (Lipinski definition) is 1. The van der Waals surface area contributed by atoms with Crippen LogP contribution in [0.1, 0.15) is 25.1 Å². The highest BCUT2D eigenvalue weighted by atomic mass is 32.2. The number of hydrogen-bond acceptors (Lipinski definition) is 4. The number of carbonyl (C=O) groups is 1. The number of halogens is 1. The van der Waals surface area contributed by atoms with Gasteiger partial charge >= 0.3 is 0 Å². The molecule has 2 rings (SSSR count). The average Bonchev–Trinajstić information content (AvgIpc) is 2.65. The van der Waals surface area contributed by atoms with Gasteiger partial charge in [-0.15, -0.1) is 0 Å². The van der Waals surface area contributed by atoms with Crippen LogP contribution in [-0.4, -0.2) is 43.8 Å². The van der Waals surface area contributed by atoms with Crippen LogP contribution in [0.25, 0.3) is 0 Å². The van der Waals surface area contributed by atoms with Gasteiger partial charge in [0, 0.05) is 12.8 Å². The molecule has 21 heavy (non-hydrogen) atoms. The summed E-state index contributed by atoms with van der Waals surface area (Å²) in [5, 5.41) is 3.11. The first-order valence-corrected chi connectivity index (χ1v) is 8.84. The highest BCUT2D eigenvalue weighted by Gasteiger charge is 2.36. The number of benzene rings is 1. The van der Waals surface area contributed by atoms with E-state index in [0.29, 0.717) is 18.5 Å². The molecule has 1 saturated heterocycles. The Morgan fingerprint density at radius 3 is 2.71 bits per heavy atom. The van der Waals surface area contributed by atoms with Gasteiger partial charge in [0.05, 0.1) is 11.8 Å². The predicted octanol–water partition coefficient (Wildman–Crippen LogP) is 1.08. The molecule has 2 atom stereocenters. The van der Waals surface area contributed by atoms with Crippen molar-refractivity contribution in [2.45, 2.75) is 25.6 Å². The van der Waals surface area contributed by atoms with Crippen molar-refractivity contribution >= 4 is 15.7 Å². The third-order valence-electron chi connectivity index (χ3n) is 3.45. The Bertz CT molecular complexity index is 633. The van der Waals surface area contributed by atoms with E-state index < -0.39 is 16.0 Å². The van der Waals surface area contributed by atoms with Crippen LogP contribution in [0, 0.1) is 5.82 Å². The monoisotopic (exact) mass is 314 g/mol. The Labute approximate surface area is 124 Å². The molecule has 1 fully saturated rings. The molecule has 1 aromatic carbocycles. The molecular formula is C14H19FN2O3S. The molecule has 1 aromatic rings. The highest BCUT2D eigenvalue weighted by Crippen LogP contribution is 2.25. The van der Waals surface area contributed by atoms with Gasteiger partial charge in [0.1, 0.15) is 21.8 Å². The minimum absolute atomic E-state index is 0.0288. The molecule has 0 bridgehead atoms. The van der Waals surface area contributed by atoms with Crippen molar-refractivity contribution in [3.8, 4) is 0 Å².